The zero-order valence-corrected chi connectivity index (χ0v) is 24.1. The van der Waals surface area contributed by atoms with Gasteiger partial charge in [-0.05, 0) is 67.9 Å². The van der Waals surface area contributed by atoms with Gasteiger partial charge in [0.25, 0.3) is 0 Å². The molecule has 0 aliphatic carbocycles. The number of allylic oxidation sites excluding steroid dienone is 5. The second-order valence-corrected chi connectivity index (χ2v) is 10.1. The minimum absolute atomic E-state index is 0.186. The molecule has 8 heteroatoms. The average Bonchev–Trinajstić information content (AvgIpc) is 2.93. The summed E-state index contributed by atoms with van der Waals surface area (Å²) in [5.41, 5.74) is 6.96. The molecule has 2 aromatic rings. The van der Waals surface area contributed by atoms with E-state index < -0.39 is 17.3 Å². The summed E-state index contributed by atoms with van der Waals surface area (Å²) >= 11 is -1.54. The number of carbonyl (C=O) groups excluding carboxylic acids is 1. The number of hydrogen-bond acceptors (Lipinski definition) is 4. The summed E-state index contributed by atoms with van der Waals surface area (Å²) in [5, 5.41) is 12.0. The number of aryl methyl sites for hydroxylation is 1. The van der Waals surface area contributed by atoms with Crippen LogP contribution in [0.5, 0.6) is 0 Å². The maximum absolute atomic E-state index is 12.9. The van der Waals surface area contributed by atoms with Crippen LogP contribution >= 0.6 is 0 Å². The monoisotopic (exact) mass is 550 g/mol. The van der Waals surface area contributed by atoms with Gasteiger partial charge < -0.3 is 15.4 Å². The fraction of sp³-hybridized carbons (Fsp3) is 0.323. The van der Waals surface area contributed by atoms with Crippen LogP contribution in [-0.4, -0.2) is 22.9 Å². The van der Waals surface area contributed by atoms with Crippen molar-refractivity contribution >= 4 is 28.5 Å². The Balaban J connectivity index is 2.31. The van der Waals surface area contributed by atoms with Crippen LogP contribution in [0.2, 0.25) is 0 Å². The van der Waals surface area contributed by atoms with Crippen molar-refractivity contribution in [2.45, 2.75) is 59.1 Å². The Morgan fingerprint density at radius 1 is 1.15 bits per heavy atom. The molecule has 0 heterocycles. The SMILES string of the molecule is C=C/C=C(\C=C)c1ccc(C)c(NC(=C(C)CC)C(CCCCNS(N)=O)NC(=O)OCc2ccccc2)c1. The third-order valence-electron chi connectivity index (χ3n) is 6.36. The van der Waals surface area contributed by atoms with Gasteiger partial charge in [0.15, 0.2) is 11.2 Å². The standard InChI is InChI=1S/C31H42N4O3S/c1-6-14-26(8-3)27-19-18-24(5)29(21-27)34-30(23(4)7-2)28(17-12-13-20-33-39(32)37)35-31(36)38-22-25-15-10-9-11-16-25/h6,8-11,14-16,18-19,21,28,33-34H,1,3,7,12-13,17,20,22,32H2,2,4-5H3,(H,35,36)/b26-14+,30-23?. The maximum Gasteiger partial charge on any atom is 0.408 e. The van der Waals surface area contributed by atoms with Gasteiger partial charge in [0, 0.05) is 17.9 Å². The highest BCUT2D eigenvalue weighted by molar-refractivity contribution is 7.80. The number of unbranched alkanes of at least 4 members (excludes halogenated alkanes) is 1. The number of nitrogens with two attached hydrogens (primary N) is 1. The van der Waals surface area contributed by atoms with Gasteiger partial charge in [0.05, 0.1) is 6.04 Å². The van der Waals surface area contributed by atoms with Crippen LogP contribution in [0.25, 0.3) is 5.57 Å². The van der Waals surface area contributed by atoms with E-state index in [9.17, 15) is 9.00 Å². The number of hydrogen-bond donors (Lipinski definition) is 4. The van der Waals surface area contributed by atoms with E-state index in [0.29, 0.717) is 13.0 Å². The predicted molar refractivity (Wildman–Crippen MR) is 164 cm³/mol. The number of anilines is 1. The molecule has 0 aromatic heterocycles. The van der Waals surface area contributed by atoms with E-state index in [2.05, 4.69) is 60.6 Å². The van der Waals surface area contributed by atoms with Crippen LogP contribution in [0, 0.1) is 6.92 Å². The van der Waals surface area contributed by atoms with Crippen molar-refractivity contribution in [2.24, 2.45) is 5.14 Å². The minimum Gasteiger partial charge on any atom is -0.445 e. The highest BCUT2D eigenvalue weighted by atomic mass is 32.2. The molecule has 0 aliphatic heterocycles. The van der Waals surface area contributed by atoms with E-state index in [1.807, 2.05) is 43.3 Å². The van der Waals surface area contributed by atoms with Crippen molar-refractivity contribution < 1.29 is 13.7 Å². The van der Waals surface area contributed by atoms with Crippen LogP contribution in [0.15, 0.2) is 91.2 Å². The summed E-state index contributed by atoms with van der Waals surface area (Å²) in [4.78, 5) is 12.9. The second-order valence-electron chi connectivity index (χ2n) is 9.21. The van der Waals surface area contributed by atoms with Crippen molar-refractivity contribution in [3.8, 4) is 0 Å². The van der Waals surface area contributed by atoms with Crippen LogP contribution in [0.1, 0.15) is 56.2 Å². The van der Waals surface area contributed by atoms with Crippen molar-refractivity contribution in [2.75, 3.05) is 11.9 Å². The Kier molecular flexibility index (Phi) is 14.0. The normalized spacial score (nSPS) is 13.6. The number of benzene rings is 2. The molecule has 0 radical (unpaired) electrons. The molecule has 0 bridgehead atoms. The molecule has 0 spiro atoms. The quantitative estimate of drug-likeness (QED) is 0.143. The highest BCUT2D eigenvalue weighted by Crippen LogP contribution is 2.27. The third-order valence-corrected chi connectivity index (χ3v) is 6.85. The van der Waals surface area contributed by atoms with Crippen molar-refractivity contribution in [1.29, 1.82) is 0 Å². The number of nitrogens with one attached hydrogen (secondary N) is 3. The molecule has 210 valence electrons. The summed E-state index contributed by atoms with van der Waals surface area (Å²) in [6, 6.07) is 15.5. The number of amides is 1. The molecule has 39 heavy (non-hydrogen) atoms. The minimum atomic E-state index is -1.54. The average molecular weight is 551 g/mol. The molecule has 0 saturated heterocycles. The molecular weight excluding hydrogens is 508 g/mol. The molecule has 2 atom stereocenters. The smallest absolute Gasteiger partial charge is 0.408 e. The van der Waals surface area contributed by atoms with Gasteiger partial charge in [-0.2, -0.15) is 0 Å². The van der Waals surface area contributed by atoms with E-state index in [0.717, 1.165) is 58.5 Å². The first kappa shape index (κ1) is 31.8. The highest BCUT2D eigenvalue weighted by Gasteiger charge is 2.21. The zero-order chi connectivity index (χ0) is 28.6. The van der Waals surface area contributed by atoms with Crippen LogP contribution in [-0.2, 0) is 22.5 Å². The van der Waals surface area contributed by atoms with E-state index in [1.54, 1.807) is 12.2 Å². The Bertz CT molecular complexity index is 1190. The topological polar surface area (TPSA) is 105 Å². The largest absolute Gasteiger partial charge is 0.445 e. The maximum atomic E-state index is 12.9. The summed E-state index contributed by atoms with van der Waals surface area (Å²) in [6.07, 6.45) is 7.98. The Morgan fingerprint density at radius 2 is 1.90 bits per heavy atom. The van der Waals surface area contributed by atoms with Crippen molar-refractivity contribution in [3.63, 3.8) is 0 Å². The molecule has 0 fully saturated rings. The van der Waals surface area contributed by atoms with Gasteiger partial charge in [-0.1, -0.05) is 86.3 Å². The first-order valence-corrected chi connectivity index (χ1v) is 14.4. The Labute approximate surface area is 236 Å². The van der Waals surface area contributed by atoms with Crippen molar-refractivity contribution in [1.82, 2.24) is 10.0 Å². The molecule has 7 nitrogen and oxygen atoms in total. The molecular formula is C31H42N4O3S. The van der Waals surface area contributed by atoms with Gasteiger partial charge in [0.1, 0.15) is 6.61 Å². The first-order chi connectivity index (χ1) is 18.8. The van der Waals surface area contributed by atoms with Gasteiger partial charge >= 0.3 is 6.09 Å². The van der Waals surface area contributed by atoms with Gasteiger partial charge in [-0.3, -0.25) is 0 Å². The lowest BCUT2D eigenvalue weighted by Crippen LogP contribution is -2.39. The third kappa shape index (κ3) is 11.0. The molecule has 2 rings (SSSR count). The Hall–Kier alpha value is -3.46. The fourth-order valence-corrected chi connectivity index (χ4v) is 4.36. The summed E-state index contributed by atoms with van der Waals surface area (Å²) < 4.78 is 19.4. The summed E-state index contributed by atoms with van der Waals surface area (Å²) in [6.45, 7) is 14.7. The van der Waals surface area contributed by atoms with Crippen LogP contribution in [0.3, 0.4) is 0 Å². The van der Waals surface area contributed by atoms with Crippen molar-refractivity contribution in [3.05, 3.63) is 108 Å². The molecule has 5 N–H and O–H groups in total. The molecule has 0 aliphatic rings. The van der Waals surface area contributed by atoms with Gasteiger partial charge in [-0.15, -0.1) is 0 Å². The predicted octanol–water partition coefficient (Wildman–Crippen LogP) is 6.44. The molecule has 2 unspecified atom stereocenters. The van der Waals surface area contributed by atoms with E-state index in [-0.39, 0.29) is 12.6 Å². The zero-order valence-electron chi connectivity index (χ0n) is 23.3. The summed E-state index contributed by atoms with van der Waals surface area (Å²) in [7, 11) is 0. The lowest BCUT2D eigenvalue weighted by Gasteiger charge is -2.26. The van der Waals surface area contributed by atoms with E-state index in [4.69, 9.17) is 9.88 Å². The van der Waals surface area contributed by atoms with Crippen LogP contribution in [0.4, 0.5) is 10.5 Å². The molecule has 2 aromatic carbocycles. The Morgan fingerprint density at radius 3 is 2.54 bits per heavy atom. The number of rotatable bonds is 16. The van der Waals surface area contributed by atoms with Crippen LogP contribution < -0.4 is 20.5 Å². The number of ether oxygens (including phenoxy) is 1. The molecule has 1 amide bonds. The fourth-order valence-electron chi connectivity index (χ4n) is 4.01. The lowest BCUT2D eigenvalue weighted by molar-refractivity contribution is 0.136. The number of alkyl carbamates (subject to hydrolysis) is 1. The molecule has 0 saturated carbocycles. The first-order valence-electron chi connectivity index (χ1n) is 13.2. The second kappa shape index (κ2) is 17.2. The van der Waals surface area contributed by atoms with Gasteiger partial charge in [0.2, 0.25) is 0 Å². The lowest BCUT2D eigenvalue weighted by atomic mass is 9.99. The summed E-state index contributed by atoms with van der Waals surface area (Å²) in [5.74, 6) is 0. The number of carbonyl (C=O) groups is 1. The van der Waals surface area contributed by atoms with E-state index in [1.165, 1.54) is 0 Å². The van der Waals surface area contributed by atoms with E-state index >= 15 is 0 Å². The van der Waals surface area contributed by atoms with Gasteiger partial charge in [-0.25, -0.2) is 18.9 Å².